The molecule has 0 aromatic rings. The smallest absolute Gasteiger partial charge is 0.230 e. The van der Waals surface area contributed by atoms with Crippen molar-refractivity contribution >= 4 is 5.91 Å². The third-order valence-corrected chi connectivity index (χ3v) is 3.17. The minimum atomic E-state index is -0.596. The van der Waals surface area contributed by atoms with Gasteiger partial charge in [-0.15, -0.1) is 0 Å². The molecule has 1 saturated heterocycles. The molecule has 5 nitrogen and oxygen atoms in total. The Bertz CT molecular complexity index is 247. The normalized spacial score (nSPS) is 31.4. The predicted molar refractivity (Wildman–Crippen MR) is 61.0 cm³/mol. The van der Waals surface area contributed by atoms with Crippen LogP contribution in [0.2, 0.25) is 0 Å². The summed E-state index contributed by atoms with van der Waals surface area (Å²) in [5, 5.41) is 2.95. The van der Waals surface area contributed by atoms with Crippen LogP contribution in [0.25, 0.3) is 0 Å². The van der Waals surface area contributed by atoms with Crippen molar-refractivity contribution in [1.82, 2.24) is 5.32 Å². The summed E-state index contributed by atoms with van der Waals surface area (Å²) in [5.41, 5.74) is 5.28. The number of ether oxygens (including phenoxy) is 2. The monoisotopic (exact) mass is 230 g/mol. The number of carbonyl (C=O) groups is 1. The van der Waals surface area contributed by atoms with Crippen LogP contribution in [0.3, 0.4) is 0 Å². The summed E-state index contributed by atoms with van der Waals surface area (Å²) in [7, 11) is 1.65. The average molecular weight is 230 g/mol. The predicted octanol–water partition coefficient (Wildman–Crippen LogP) is -0.109. The van der Waals surface area contributed by atoms with Gasteiger partial charge in [0.2, 0.25) is 5.91 Å². The first kappa shape index (κ1) is 13.4. The van der Waals surface area contributed by atoms with Gasteiger partial charge in [0, 0.05) is 25.8 Å². The number of rotatable bonds is 5. The lowest BCUT2D eigenvalue weighted by Gasteiger charge is -2.27. The molecule has 1 fully saturated rings. The minimum Gasteiger partial charge on any atom is -0.385 e. The number of nitrogens with two attached hydrogens (primary N) is 1. The molecule has 3 N–H and O–H groups in total. The van der Waals surface area contributed by atoms with Crippen LogP contribution in [0.15, 0.2) is 0 Å². The summed E-state index contributed by atoms with van der Waals surface area (Å²) in [6.07, 6.45) is 0.800. The maximum absolute atomic E-state index is 12.0. The highest BCUT2D eigenvalue weighted by molar-refractivity contribution is 5.83. The van der Waals surface area contributed by atoms with Gasteiger partial charge in [-0.1, -0.05) is 0 Å². The topological polar surface area (TPSA) is 73.6 Å². The summed E-state index contributed by atoms with van der Waals surface area (Å²) in [6, 6.07) is -0.126. The van der Waals surface area contributed by atoms with Gasteiger partial charge in [-0.3, -0.25) is 4.79 Å². The number of methoxy groups -OCH3 is 1. The molecule has 5 heteroatoms. The van der Waals surface area contributed by atoms with Crippen LogP contribution in [-0.2, 0) is 14.3 Å². The van der Waals surface area contributed by atoms with Crippen LogP contribution in [0, 0.1) is 5.41 Å². The van der Waals surface area contributed by atoms with Crippen LogP contribution >= 0.6 is 0 Å². The van der Waals surface area contributed by atoms with Crippen molar-refractivity contribution in [2.24, 2.45) is 11.1 Å². The van der Waals surface area contributed by atoms with E-state index in [9.17, 15) is 4.79 Å². The molecule has 0 spiro atoms. The highest BCUT2D eigenvalue weighted by Gasteiger charge is 2.44. The van der Waals surface area contributed by atoms with Gasteiger partial charge in [-0.2, -0.15) is 0 Å². The van der Waals surface area contributed by atoms with Gasteiger partial charge in [0.05, 0.1) is 18.6 Å². The van der Waals surface area contributed by atoms with Crippen molar-refractivity contribution in [2.45, 2.75) is 32.4 Å². The Morgan fingerprint density at radius 1 is 1.75 bits per heavy atom. The molecule has 0 saturated carbocycles. The Morgan fingerprint density at radius 3 is 2.94 bits per heavy atom. The van der Waals surface area contributed by atoms with Crippen molar-refractivity contribution in [3.05, 3.63) is 0 Å². The molecule has 3 unspecified atom stereocenters. The zero-order valence-electron chi connectivity index (χ0n) is 10.3. The quantitative estimate of drug-likeness (QED) is 0.691. The number of carbonyl (C=O) groups excluding carboxylic acids is 1. The van der Waals surface area contributed by atoms with Gasteiger partial charge in [0.15, 0.2) is 0 Å². The van der Waals surface area contributed by atoms with Gasteiger partial charge < -0.3 is 20.5 Å². The molecule has 0 aliphatic carbocycles. The van der Waals surface area contributed by atoms with E-state index in [0.29, 0.717) is 19.8 Å². The fourth-order valence-corrected chi connectivity index (χ4v) is 1.68. The second-order valence-electron chi connectivity index (χ2n) is 4.70. The summed E-state index contributed by atoms with van der Waals surface area (Å²) in [4.78, 5) is 12.0. The Hall–Kier alpha value is -0.650. The Kier molecular flexibility index (Phi) is 4.70. The zero-order valence-corrected chi connectivity index (χ0v) is 10.3. The maximum atomic E-state index is 12.0. The molecule has 0 aromatic heterocycles. The third kappa shape index (κ3) is 2.93. The number of amides is 1. The van der Waals surface area contributed by atoms with Crippen LogP contribution in [-0.4, -0.2) is 44.9 Å². The lowest BCUT2D eigenvalue weighted by molar-refractivity contribution is -0.131. The SMILES string of the molecule is COCCC(C)NC(=O)C1(C)COCC1N. The van der Waals surface area contributed by atoms with Gasteiger partial charge >= 0.3 is 0 Å². The molecule has 1 aliphatic heterocycles. The van der Waals surface area contributed by atoms with E-state index in [1.54, 1.807) is 7.11 Å². The van der Waals surface area contributed by atoms with E-state index >= 15 is 0 Å². The molecule has 0 bridgehead atoms. The van der Waals surface area contributed by atoms with E-state index in [4.69, 9.17) is 15.2 Å². The van der Waals surface area contributed by atoms with Crippen LogP contribution in [0.1, 0.15) is 20.3 Å². The van der Waals surface area contributed by atoms with Gasteiger partial charge in [0.1, 0.15) is 0 Å². The van der Waals surface area contributed by atoms with Gasteiger partial charge in [-0.05, 0) is 20.3 Å². The molecule has 94 valence electrons. The second-order valence-corrected chi connectivity index (χ2v) is 4.70. The van der Waals surface area contributed by atoms with Gasteiger partial charge in [0.25, 0.3) is 0 Å². The van der Waals surface area contributed by atoms with Crippen LogP contribution in [0.5, 0.6) is 0 Å². The molecular formula is C11H22N2O3. The van der Waals surface area contributed by atoms with Crippen molar-refractivity contribution in [2.75, 3.05) is 26.9 Å². The Morgan fingerprint density at radius 2 is 2.44 bits per heavy atom. The Balaban J connectivity index is 2.45. The van der Waals surface area contributed by atoms with Crippen molar-refractivity contribution in [1.29, 1.82) is 0 Å². The summed E-state index contributed by atoms with van der Waals surface area (Å²) in [6.45, 7) is 5.30. The van der Waals surface area contributed by atoms with E-state index in [-0.39, 0.29) is 18.0 Å². The fourth-order valence-electron chi connectivity index (χ4n) is 1.68. The molecular weight excluding hydrogens is 208 g/mol. The average Bonchev–Trinajstić information content (AvgIpc) is 2.57. The number of nitrogens with one attached hydrogen (secondary N) is 1. The number of hydrogen-bond acceptors (Lipinski definition) is 4. The first-order chi connectivity index (χ1) is 7.50. The highest BCUT2D eigenvalue weighted by Crippen LogP contribution is 2.27. The lowest BCUT2D eigenvalue weighted by Crippen LogP contribution is -2.52. The molecule has 0 radical (unpaired) electrons. The molecule has 16 heavy (non-hydrogen) atoms. The van der Waals surface area contributed by atoms with Crippen molar-refractivity contribution in [3.63, 3.8) is 0 Å². The number of hydrogen-bond donors (Lipinski definition) is 2. The molecule has 0 aromatic carbocycles. The first-order valence-corrected chi connectivity index (χ1v) is 5.64. The highest BCUT2D eigenvalue weighted by atomic mass is 16.5. The largest absolute Gasteiger partial charge is 0.385 e. The van der Waals surface area contributed by atoms with E-state index in [1.807, 2.05) is 13.8 Å². The lowest BCUT2D eigenvalue weighted by atomic mass is 9.84. The standard InChI is InChI=1S/C11H22N2O3/c1-8(4-5-15-3)13-10(14)11(2)7-16-6-9(11)12/h8-9H,4-7,12H2,1-3H3,(H,13,14). The summed E-state index contributed by atoms with van der Waals surface area (Å²) in [5.74, 6) is -0.0268. The zero-order chi connectivity index (χ0) is 12.2. The van der Waals surface area contributed by atoms with E-state index in [0.717, 1.165) is 6.42 Å². The van der Waals surface area contributed by atoms with E-state index < -0.39 is 5.41 Å². The molecule has 3 atom stereocenters. The van der Waals surface area contributed by atoms with Gasteiger partial charge in [-0.25, -0.2) is 0 Å². The molecule has 1 heterocycles. The first-order valence-electron chi connectivity index (χ1n) is 5.64. The molecule has 1 rings (SSSR count). The van der Waals surface area contributed by atoms with Crippen molar-refractivity contribution < 1.29 is 14.3 Å². The molecule has 1 amide bonds. The summed E-state index contributed by atoms with van der Waals surface area (Å²) >= 11 is 0. The Labute approximate surface area is 96.7 Å². The van der Waals surface area contributed by atoms with Crippen LogP contribution < -0.4 is 11.1 Å². The second kappa shape index (κ2) is 5.61. The van der Waals surface area contributed by atoms with Crippen molar-refractivity contribution in [3.8, 4) is 0 Å². The fraction of sp³-hybridized carbons (Fsp3) is 0.909. The molecule has 1 aliphatic rings. The summed E-state index contributed by atoms with van der Waals surface area (Å²) < 4.78 is 10.2. The van der Waals surface area contributed by atoms with Crippen LogP contribution in [0.4, 0.5) is 0 Å². The minimum absolute atomic E-state index is 0.0268. The van der Waals surface area contributed by atoms with E-state index in [2.05, 4.69) is 5.32 Å². The van der Waals surface area contributed by atoms with E-state index in [1.165, 1.54) is 0 Å². The third-order valence-electron chi connectivity index (χ3n) is 3.17. The maximum Gasteiger partial charge on any atom is 0.230 e.